The fourth-order valence-electron chi connectivity index (χ4n) is 4.08. The molecule has 11 heteroatoms. The average Bonchev–Trinajstić information content (AvgIpc) is 3.23. The van der Waals surface area contributed by atoms with E-state index in [1.165, 1.54) is 40.9 Å². The van der Waals surface area contributed by atoms with Gasteiger partial charge in [-0.1, -0.05) is 36.0 Å². The summed E-state index contributed by atoms with van der Waals surface area (Å²) in [6.07, 6.45) is -4.55. The highest BCUT2D eigenvalue weighted by Crippen LogP contribution is 2.45. The maximum Gasteiger partial charge on any atom is 0.416 e. The third-order valence-electron chi connectivity index (χ3n) is 5.94. The summed E-state index contributed by atoms with van der Waals surface area (Å²) in [6.45, 7) is 1.89. The van der Waals surface area contributed by atoms with Gasteiger partial charge in [-0.3, -0.25) is 9.59 Å². The van der Waals surface area contributed by atoms with Gasteiger partial charge in [0.1, 0.15) is 5.82 Å². The molecule has 6 nitrogen and oxygen atoms in total. The number of rotatable bonds is 6. The van der Waals surface area contributed by atoms with Gasteiger partial charge in [-0.2, -0.15) is 13.2 Å². The predicted octanol–water partition coefficient (Wildman–Crippen LogP) is 5.21. The van der Waals surface area contributed by atoms with E-state index in [4.69, 9.17) is 0 Å². The van der Waals surface area contributed by atoms with Crippen LogP contribution in [0, 0.1) is 5.82 Å². The lowest BCUT2D eigenvalue weighted by molar-refractivity contribution is -0.137. The van der Waals surface area contributed by atoms with Gasteiger partial charge in [-0.25, -0.2) is 9.38 Å². The Hall–Kier alpha value is -3.60. The van der Waals surface area contributed by atoms with Crippen LogP contribution in [-0.2, 0) is 22.3 Å². The maximum atomic E-state index is 13.2. The molecule has 0 bridgehead atoms. The highest BCUT2D eigenvalue weighted by Gasteiger charge is 2.41. The molecule has 37 heavy (non-hydrogen) atoms. The Labute approximate surface area is 215 Å². The molecule has 2 aromatic carbocycles. The van der Waals surface area contributed by atoms with Crippen LogP contribution in [0.4, 0.5) is 17.6 Å². The van der Waals surface area contributed by atoms with Gasteiger partial charge in [0.15, 0.2) is 5.17 Å². The largest absolute Gasteiger partial charge is 0.416 e. The van der Waals surface area contributed by atoms with Crippen molar-refractivity contribution in [1.82, 2.24) is 15.1 Å². The summed E-state index contributed by atoms with van der Waals surface area (Å²) in [7, 11) is 3.17. The normalized spacial score (nSPS) is 17.3. The standard InChI is InChI=1S/C26H24F4N4O2S/c1-15-22(24(36)33(2)3)23(17-6-8-18(9-7-17)26(28,29)30)34-20(14-37-25(34)32-15)12-21(35)31-13-16-4-10-19(27)11-5-16/h4-11,14,23H,12-13H2,1-3H3,(H,31,35). The van der Waals surface area contributed by atoms with Gasteiger partial charge < -0.3 is 15.1 Å². The molecule has 2 heterocycles. The van der Waals surface area contributed by atoms with Gasteiger partial charge in [-0.05, 0) is 47.7 Å². The van der Waals surface area contributed by atoms with E-state index in [2.05, 4.69) is 10.3 Å². The van der Waals surface area contributed by atoms with Crippen molar-refractivity contribution in [3.8, 4) is 0 Å². The number of likely N-dealkylation sites (N-methyl/N-ethyl adjacent to an activating group) is 1. The van der Waals surface area contributed by atoms with E-state index in [9.17, 15) is 27.2 Å². The zero-order valence-electron chi connectivity index (χ0n) is 20.3. The highest BCUT2D eigenvalue weighted by molar-refractivity contribution is 8.16. The number of hydrogen-bond acceptors (Lipinski definition) is 5. The van der Waals surface area contributed by atoms with Gasteiger partial charge in [0.25, 0.3) is 5.91 Å². The predicted molar refractivity (Wildman–Crippen MR) is 133 cm³/mol. The summed E-state index contributed by atoms with van der Waals surface area (Å²) in [5.74, 6) is -1.02. The summed E-state index contributed by atoms with van der Waals surface area (Å²) in [4.78, 5) is 33.6. The van der Waals surface area contributed by atoms with E-state index in [1.807, 2.05) is 0 Å². The SMILES string of the molecule is CC1=C(C(=O)N(C)C)C(c2ccc(C(F)(F)F)cc2)N2C(CC(=O)NCc3ccc(F)cc3)=CSC2=N1. The van der Waals surface area contributed by atoms with E-state index >= 15 is 0 Å². The molecular weight excluding hydrogens is 508 g/mol. The number of alkyl halides is 3. The third kappa shape index (κ3) is 5.71. The van der Waals surface area contributed by atoms with E-state index in [1.54, 1.807) is 43.5 Å². The van der Waals surface area contributed by atoms with Crippen LogP contribution in [0.2, 0.25) is 0 Å². The topological polar surface area (TPSA) is 65.0 Å². The van der Waals surface area contributed by atoms with Gasteiger partial charge in [0.05, 0.1) is 29.3 Å². The number of carbonyl (C=O) groups excluding carboxylic acids is 2. The van der Waals surface area contributed by atoms with Crippen LogP contribution < -0.4 is 5.32 Å². The third-order valence-corrected chi connectivity index (χ3v) is 6.82. The number of fused-ring (bicyclic) bond motifs is 1. The lowest BCUT2D eigenvalue weighted by Gasteiger charge is -2.37. The summed E-state index contributed by atoms with van der Waals surface area (Å²) >= 11 is 1.28. The molecule has 0 saturated heterocycles. The minimum absolute atomic E-state index is 0.0488. The molecule has 4 rings (SSSR count). The summed E-state index contributed by atoms with van der Waals surface area (Å²) in [5, 5.41) is 5.07. The molecule has 1 unspecified atom stereocenters. The number of amides is 2. The lowest BCUT2D eigenvalue weighted by atomic mass is 9.92. The molecule has 0 aliphatic carbocycles. The number of amidine groups is 1. The summed E-state index contributed by atoms with van der Waals surface area (Å²) in [6, 6.07) is 9.65. The first-order valence-corrected chi connectivity index (χ1v) is 12.2. The maximum absolute atomic E-state index is 13.2. The number of carbonyl (C=O) groups is 2. The summed E-state index contributed by atoms with van der Waals surface area (Å²) in [5.41, 5.74) is 1.72. The molecular formula is C26H24F4N4O2S. The van der Waals surface area contributed by atoms with Gasteiger partial charge >= 0.3 is 6.18 Å². The minimum atomic E-state index is -4.50. The molecule has 2 aliphatic rings. The van der Waals surface area contributed by atoms with E-state index in [0.29, 0.717) is 27.7 Å². The Morgan fingerprint density at radius 3 is 2.32 bits per heavy atom. The molecule has 0 radical (unpaired) electrons. The van der Waals surface area contributed by atoms with Crippen molar-refractivity contribution < 1.29 is 27.2 Å². The first kappa shape index (κ1) is 26.5. The van der Waals surface area contributed by atoms with Crippen LogP contribution in [0.15, 0.2) is 75.9 Å². The van der Waals surface area contributed by atoms with Gasteiger partial charge in [-0.15, -0.1) is 0 Å². The number of hydrogen-bond donors (Lipinski definition) is 1. The molecule has 194 valence electrons. The van der Waals surface area contributed by atoms with Crippen molar-refractivity contribution in [2.24, 2.45) is 4.99 Å². The quantitative estimate of drug-likeness (QED) is 0.519. The van der Waals surface area contributed by atoms with Crippen LogP contribution >= 0.6 is 11.8 Å². The van der Waals surface area contributed by atoms with Gasteiger partial charge in [0, 0.05) is 26.3 Å². The molecule has 2 aliphatic heterocycles. The van der Waals surface area contributed by atoms with Crippen molar-refractivity contribution in [3.63, 3.8) is 0 Å². The van der Waals surface area contributed by atoms with Gasteiger partial charge in [0.2, 0.25) is 5.91 Å². The highest BCUT2D eigenvalue weighted by atomic mass is 32.2. The molecule has 0 fully saturated rings. The van der Waals surface area contributed by atoms with Crippen LogP contribution in [0.3, 0.4) is 0 Å². The fraction of sp³-hybridized carbons (Fsp3) is 0.269. The molecule has 2 amide bonds. The Morgan fingerprint density at radius 2 is 1.73 bits per heavy atom. The first-order valence-electron chi connectivity index (χ1n) is 11.3. The second-order valence-corrected chi connectivity index (χ2v) is 9.63. The first-order chi connectivity index (χ1) is 17.5. The van der Waals surface area contributed by atoms with Crippen molar-refractivity contribution in [3.05, 3.63) is 93.4 Å². The van der Waals surface area contributed by atoms with Crippen molar-refractivity contribution in [2.45, 2.75) is 32.1 Å². The van der Waals surface area contributed by atoms with Crippen LogP contribution in [0.5, 0.6) is 0 Å². The van der Waals surface area contributed by atoms with Crippen molar-refractivity contribution in [2.75, 3.05) is 14.1 Å². The number of halogens is 4. The number of benzene rings is 2. The van der Waals surface area contributed by atoms with E-state index in [0.717, 1.165) is 17.7 Å². The average molecular weight is 533 g/mol. The van der Waals surface area contributed by atoms with Crippen molar-refractivity contribution >= 4 is 28.7 Å². The van der Waals surface area contributed by atoms with Crippen LogP contribution in [-0.4, -0.2) is 40.9 Å². The van der Waals surface area contributed by atoms with Crippen LogP contribution in [0.1, 0.15) is 36.1 Å². The second kappa shape index (κ2) is 10.4. The molecule has 1 N–H and O–H groups in total. The molecule has 1 atom stereocenters. The Bertz CT molecular complexity index is 1300. The molecule has 2 aromatic rings. The molecule has 0 aromatic heterocycles. The van der Waals surface area contributed by atoms with Crippen LogP contribution in [0.25, 0.3) is 0 Å². The number of allylic oxidation sites excluding steroid dienone is 1. The Morgan fingerprint density at radius 1 is 1.08 bits per heavy atom. The number of nitrogens with one attached hydrogen (secondary N) is 1. The zero-order valence-corrected chi connectivity index (χ0v) is 21.1. The molecule has 0 spiro atoms. The zero-order chi connectivity index (χ0) is 26.9. The number of aliphatic imine (C=N–C) groups is 1. The summed E-state index contributed by atoms with van der Waals surface area (Å²) < 4.78 is 52.7. The number of thioether (sulfide) groups is 1. The fourth-order valence-corrected chi connectivity index (χ4v) is 5.05. The molecule has 0 saturated carbocycles. The second-order valence-electron chi connectivity index (χ2n) is 8.79. The lowest BCUT2D eigenvalue weighted by Crippen LogP contribution is -2.40. The Kier molecular flexibility index (Phi) is 7.44. The van der Waals surface area contributed by atoms with E-state index < -0.39 is 17.8 Å². The van der Waals surface area contributed by atoms with E-state index in [-0.39, 0.29) is 30.6 Å². The minimum Gasteiger partial charge on any atom is -0.352 e. The smallest absolute Gasteiger partial charge is 0.352 e. The monoisotopic (exact) mass is 532 g/mol. The Balaban J connectivity index is 1.63. The van der Waals surface area contributed by atoms with Crippen molar-refractivity contribution in [1.29, 1.82) is 0 Å². The number of nitrogens with zero attached hydrogens (tertiary/aromatic N) is 3.